The summed E-state index contributed by atoms with van der Waals surface area (Å²) in [7, 11) is 0. The van der Waals surface area contributed by atoms with Gasteiger partial charge in [-0.05, 0) is 42.2 Å². The van der Waals surface area contributed by atoms with Gasteiger partial charge < -0.3 is 15.5 Å². The predicted octanol–water partition coefficient (Wildman–Crippen LogP) is 7.21. The molecule has 1 fully saturated rings. The molecule has 0 amide bonds. The minimum absolute atomic E-state index is 0.0630. The van der Waals surface area contributed by atoms with Gasteiger partial charge in [0.2, 0.25) is 0 Å². The molecule has 0 spiro atoms. The molecule has 10 heteroatoms. The molecule has 1 aliphatic carbocycles. The molecule has 0 aliphatic heterocycles. The van der Waals surface area contributed by atoms with Crippen molar-refractivity contribution in [3.63, 3.8) is 0 Å². The molecule has 0 unspecified atom stereocenters. The van der Waals surface area contributed by atoms with Gasteiger partial charge in [0.15, 0.2) is 10.9 Å². The Hall–Kier alpha value is -4.31. The normalized spacial score (nSPS) is 13.1. The Bertz CT molecular complexity index is 1390. The van der Waals surface area contributed by atoms with E-state index in [1.807, 2.05) is 48.5 Å². The quantitative estimate of drug-likeness (QED) is 0.142. The van der Waals surface area contributed by atoms with E-state index in [0.717, 1.165) is 58.3 Å². The summed E-state index contributed by atoms with van der Waals surface area (Å²) in [5, 5.41) is 28.9. The Morgan fingerprint density at radius 3 is 2.11 bits per heavy atom. The van der Waals surface area contributed by atoms with Crippen molar-refractivity contribution in [1.29, 1.82) is 0 Å². The molecule has 1 aromatic heterocycles. The van der Waals surface area contributed by atoms with Crippen molar-refractivity contribution in [2.75, 3.05) is 5.32 Å². The van der Waals surface area contributed by atoms with Crippen LogP contribution in [0.3, 0.4) is 0 Å². The lowest BCUT2D eigenvalue weighted by atomic mass is 9.94. The lowest BCUT2D eigenvalue weighted by molar-refractivity contribution is -0.384. The van der Waals surface area contributed by atoms with E-state index < -0.39 is 11.1 Å². The average Bonchev–Trinajstić information content (AvgIpc) is 3.53. The monoisotopic (exact) mass is 505 g/mol. The number of carbonyl (C=O) groups excluding carboxylic acids is 1. The van der Waals surface area contributed by atoms with Crippen LogP contribution in [0.25, 0.3) is 21.3 Å². The fourth-order valence-corrected chi connectivity index (χ4v) is 5.12. The standard InChI is InChI=1S/C25H21N3O3S.CH2O3/c29-24(18-3-1-2-4-18)19-7-5-16(6-8-19)17-9-11-20(12-10-17)26-25-27-22-14-13-21(28(30)31)15-23(22)32-25;2-1(3)4/h5-15,18H,1-4H2,(H,26,27);(H2,2,3,4). The van der Waals surface area contributed by atoms with Crippen molar-refractivity contribution in [3.05, 3.63) is 82.4 Å². The van der Waals surface area contributed by atoms with E-state index in [1.165, 1.54) is 17.4 Å². The van der Waals surface area contributed by atoms with Crippen molar-refractivity contribution < 1.29 is 24.7 Å². The van der Waals surface area contributed by atoms with Gasteiger partial charge in [-0.2, -0.15) is 0 Å². The first-order valence-corrected chi connectivity index (χ1v) is 12.1. The van der Waals surface area contributed by atoms with Gasteiger partial charge in [-0.3, -0.25) is 14.9 Å². The molecule has 1 saturated carbocycles. The van der Waals surface area contributed by atoms with Crippen LogP contribution in [-0.4, -0.2) is 32.1 Å². The summed E-state index contributed by atoms with van der Waals surface area (Å²) >= 11 is 1.38. The third-order valence-electron chi connectivity index (χ3n) is 5.95. The van der Waals surface area contributed by atoms with E-state index in [2.05, 4.69) is 10.3 Å². The molecule has 1 heterocycles. The summed E-state index contributed by atoms with van der Waals surface area (Å²) in [6, 6.07) is 20.5. The van der Waals surface area contributed by atoms with E-state index in [1.54, 1.807) is 12.1 Å². The number of ketones is 1. The summed E-state index contributed by atoms with van der Waals surface area (Å²) in [6.07, 6.45) is 2.51. The maximum atomic E-state index is 12.6. The molecule has 0 radical (unpaired) electrons. The van der Waals surface area contributed by atoms with E-state index in [0.29, 0.717) is 5.13 Å². The van der Waals surface area contributed by atoms with Crippen molar-refractivity contribution in [1.82, 2.24) is 4.98 Å². The molecule has 9 nitrogen and oxygen atoms in total. The molecule has 36 heavy (non-hydrogen) atoms. The highest BCUT2D eigenvalue weighted by Crippen LogP contribution is 2.32. The number of fused-ring (bicyclic) bond motifs is 1. The summed E-state index contributed by atoms with van der Waals surface area (Å²) in [5.41, 5.74) is 4.60. The highest BCUT2D eigenvalue weighted by Gasteiger charge is 2.23. The second-order valence-corrected chi connectivity index (χ2v) is 9.37. The molecule has 5 rings (SSSR count). The third-order valence-corrected chi connectivity index (χ3v) is 6.88. The van der Waals surface area contributed by atoms with Gasteiger partial charge in [0.25, 0.3) is 5.69 Å². The first-order valence-electron chi connectivity index (χ1n) is 11.3. The number of rotatable bonds is 6. The number of nitrogens with one attached hydrogen (secondary N) is 1. The molecule has 4 aromatic rings. The van der Waals surface area contributed by atoms with E-state index in [-0.39, 0.29) is 17.4 Å². The molecule has 184 valence electrons. The zero-order valence-corrected chi connectivity index (χ0v) is 19.9. The SMILES string of the molecule is O=C(O)O.O=C(c1ccc(-c2ccc(Nc3nc4ccc([N+](=O)[O-])cc4s3)cc2)cc1)C1CCCC1. The number of nitro benzene ring substituents is 1. The summed E-state index contributed by atoms with van der Waals surface area (Å²) < 4.78 is 0.769. The minimum Gasteiger partial charge on any atom is -0.450 e. The van der Waals surface area contributed by atoms with Gasteiger partial charge in [0.1, 0.15) is 0 Å². The van der Waals surface area contributed by atoms with Crippen molar-refractivity contribution >= 4 is 50.0 Å². The second-order valence-electron chi connectivity index (χ2n) is 8.34. The van der Waals surface area contributed by atoms with Crippen LogP contribution < -0.4 is 5.32 Å². The highest BCUT2D eigenvalue weighted by atomic mass is 32.1. The van der Waals surface area contributed by atoms with Crippen LogP contribution in [0.1, 0.15) is 36.0 Å². The van der Waals surface area contributed by atoms with Crippen molar-refractivity contribution in [2.24, 2.45) is 5.92 Å². The van der Waals surface area contributed by atoms with Crippen molar-refractivity contribution in [2.45, 2.75) is 25.7 Å². The van der Waals surface area contributed by atoms with Gasteiger partial charge in [-0.15, -0.1) is 0 Å². The maximum Gasteiger partial charge on any atom is 0.503 e. The van der Waals surface area contributed by atoms with Gasteiger partial charge in [0.05, 0.1) is 15.1 Å². The van der Waals surface area contributed by atoms with E-state index >= 15 is 0 Å². The van der Waals surface area contributed by atoms with Crippen LogP contribution in [0.2, 0.25) is 0 Å². The maximum absolute atomic E-state index is 12.6. The molecular formula is C26H23N3O6S. The first kappa shape index (κ1) is 24.8. The molecule has 3 N–H and O–H groups in total. The fourth-order valence-electron chi connectivity index (χ4n) is 4.20. The van der Waals surface area contributed by atoms with Crippen molar-refractivity contribution in [3.8, 4) is 11.1 Å². The molecule has 0 bridgehead atoms. The van der Waals surface area contributed by atoms with Crippen LogP contribution in [0.5, 0.6) is 0 Å². The minimum atomic E-state index is -1.83. The van der Waals surface area contributed by atoms with Gasteiger partial charge in [-0.25, -0.2) is 9.78 Å². The number of nitrogens with zero attached hydrogens (tertiary/aromatic N) is 2. The Labute approximate surface area is 210 Å². The number of hydrogen-bond donors (Lipinski definition) is 3. The lowest BCUT2D eigenvalue weighted by Crippen LogP contribution is -2.10. The summed E-state index contributed by atoms with van der Waals surface area (Å²) in [4.78, 5) is 36.2. The Morgan fingerprint density at radius 2 is 1.53 bits per heavy atom. The van der Waals surface area contributed by atoms with Crippen LogP contribution in [0.4, 0.5) is 21.3 Å². The molecule has 0 saturated heterocycles. The van der Waals surface area contributed by atoms with Gasteiger partial charge in [-0.1, -0.05) is 60.6 Å². The number of non-ortho nitro benzene ring substituents is 1. The molecule has 1 aliphatic rings. The Kier molecular flexibility index (Phi) is 7.55. The number of carbonyl (C=O) groups is 2. The van der Waals surface area contributed by atoms with Gasteiger partial charge in [0, 0.05) is 29.3 Å². The largest absolute Gasteiger partial charge is 0.503 e. The van der Waals surface area contributed by atoms with Crippen LogP contribution in [0, 0.1) is 16.0 Å². The average molecular weight is 506 g/mol. The van der Waals surface area contributed by atoms with E-state index in [9.17, 15) is 14.9 Å². The van der Waals surface area contributed by atoms with Crippen LogP contribution in [0.15, 0.2) is 66.7 Å². The lowest BCUT2D eigenvalue weighted by Gasteiger charge is -2.09. The van der Waals surface area contributed by atoms with E-state index in [4.69, 9.17) is 15.0 Å². The van der Waals surface area contributed by atoms with Gasteiger partial charge >= 0.3 is 6.16 Å². The number of aromatic nitrogens is 1. The first-order chi connectivity index (χ1) is 17.3. The molecule has 3 aromatic carbocycles. The smallest absolute Gasteiger partial charge is 0.450 e. The second kappa shape index (κ2) is 11.0. The number of benzene rings is 3. The molecule has 0 atom stereocenters. The zero-order valence-electron chi connectivity index (χ0n) is 19.1. The van der Waals surface area contributed by atoms with Crippen LogP contribution >= 0.6 is 11.3 Å². The number of thiazole rings is 1. The number of nitro groups is 1. The summed E-state index contributed by atoms with van der Waals surface area (Å²) in [6.45, 7) is 0. The van der Waals surface area contributed by atoms with Crippen LogP contribution in [-0.2, 0) is 0 Å². The Balaban J connectivity index is 0.000000709. The third kappa shape index (κ3) is 6.02. The number of anilines is 2. The zero-order chi connectivity index (χ0) is 25.7. The Morgan fingerprint density at radius 1 is 0.944 bits per heavy atom. The summed E-state index contributed by atoms with van der Waals surface area (Å²) in [5.74, 6) is 0.467. The number of Topliss-reactive ketones (excluding diaryl/α,β-unsaturated/α-hetero) is 1. The number of carboxylic acid groups (broad SMARTS) is 2. The highest BCUT2D eigenvalue weighted by molar-refractivity contribution is 7.22. The molecular weight excluding hydrogens is 482 g/mol. The number of hydrogen-bond acceptors (Lipinski definition) is 7. The predicted molar refractivity (Wildman–Crippen MR) is 138 cm³/mol. The fraction of sp³-hybridized carbons (Fsp3) is 0.192. The topological polar surface area (TPSA) is 143 Å².